The van der Waals surface area contributed by atoms with Crippen LogP contribution in [0.2, 0.25) is 0 Å². The molecular formula is C36H48BClO8S. The molecule has 11 heteroatoms. The molecule has 3 aliphatic carbocycles. The zero-order valence-corrected chi connectivity index (χ0v) is 30.8. The number of esters is 1. The Labute approximate surface area is 289 Å². The number of thioether (sulfide) groups is 1. The molecule has 256 valence electrons. The van der Waals surface area contributed by atoms with E-state index in [0.717, 1.165) is 24.2 Å². The molecule has 1 heterocycles. The van der Waals surface area contributed by atoms with Gasteiger partial charge in [0.2, 0.25) is 0 Å². The van der Waals surface area contributed by atoms with Crippen molar-refractivity contribution in [1.82, 2.24) is 0 Å². The van der Waals surface area contributed by atoms with Crippen LogP contribution in [-0.4, -0.2) is 54.5 Å². The maximum absolute atomic E-state index is 13.9. The lowest BCUT2D eigenvalue weighted by molar-refractivity contribution is -0.199. The topological polar surface area (TPSA) is 89.5 Å². The van der Waals surface area contributed by atoms with Gasteiger partial charge in [-0.3, -0.25) is 0 Å². The molecule has 1 saturated heterocycles. The van der Waals surface area contributed by atoms with Gasteiger partial charge in [-0.15, -0.1) is 23.4 Å². The summed E-state index contributed by atoms with van der Waals surface area (Å²) in [6.07, 6.45) is 1.32. The summed E-state index contributed by atoms with van der Waals surface area (Å²) in [5, 5.41) is -0.622. The predicted octanol–water partition coefficient (Wildman–Crippen LogP) is 8.67. The van der Waals surface area contributed by atoms with Gasteiger partial charge in [0.1, 0.15) is 22.5 Å². The Kier molecular flexibility index (Phi) is 10.0. The first-order chi connectivity index (χ1) is 21.8. The minimum Gasteiger partial charge on any atom is -0.497 e. The second-order valence-corrected chi connectivity index (χ2v) is 17.3. The van der Waals surface area contributed by atoms with Gasteiger partial charge in [0, 0.05) is 10.6 Å². The Balaban J connectivity index is 1.47. The summed E-state index contributed by atoms with van der Waals surface area (Å²) in [5.74, 6) is 1.74. The van der Waals surface area contributed by atoms with Gasteiger partial charge in [0.15, 0.2) is 5.75 Å². The third-order valence-corrected chi connectivity index (χ3v) is 11.1. The maximum atomic E-state index is 13.9. The first-order valence-electron chi connectivity index (χ1n) is 16.3. The molecule has 0 N–H and O–H groups in total. The van der Waals surface area contributed by atoms with Crippen molar-refractivity contribution in [3.63, 3.8) is 0 Å². The monoisotopic (exact) mass is 686 g/mol. The lowest BCUT2D eigenvalue weighted by Gasteiger charge is -2.64. The first kappa shape index (κ1) is 35.9. The SMILES string of the molecule is COc1ccc(CSc2ccc(C[C@@H](Cl)B3O[C@@H]4C[C@@H]5C[C@@H](C5(C)C)[C@]4(C)O3)c(OC(=O)OC(C)(C)C)c2C(=O)OC(C)(C)C)cc1. The van der Waals surface area contributed by atoms with Gasteiger partial charge in [-0.2, -0.15) is 0 Å². The smallest absolute Gasteiger partial charge is 0.497 e. The standard InChI is InChI=1S/C36H48BClO8S/c1-33(2,3)43-31(39)29-25(47-20-21-11-14-24(41-10)15-12-21)16-13-22(30(29)42-32(40)44-34(4,5)6)17-28(38)37-45-27-19-23-18-26(35(23,7)8)36(27,9)46-37/h11-16,23,26-28H,17-20H2,1-10H3/t23-,26-,27+,28+,36-/m0/s1. The quantitative estimate of drug-likeness (QED) is 0.0845. The lowest BCUT2D eigenvalue weighted by Crippen LogP contribution is -2.65. The van der Waals surface area contributed by atoms with E-state index < -0.39 is 41.3 Å². The Hall–Kier alpha value is -2.40. The van der Waals surface area contributed by atoms with Crippen LogP contribution in [-0.2, 0) is 31.0 Å². The van der Waals surface area contributed by atoms with Gasteiger partial charge in [0.05, 0.1) is 24.1 Å². The van der Waals surface area contributed by atoms with Crippen LogP contribution in [0.4, 0.5) is 4.79 Å². The molecule has 47 heavy (non-hydrogen) atoms. The van der Waals surface area contributed by atoms with Gasteiger partial charge >= 0.3 is 19.2 Å². The van der Waals surface area contributed by atoms with E-state index >= 15 is 0 Å². The Morgan fingerprint density at radius 2 is 1.66 bits per heavy atom. The van der Waals surface area contributed by atoms with E-state index in [0.29, 0.717) is 28.0 Å². The Morgan fingerprint density at radius 3 is 2.26 bits per heavy atom. The summed E-state index contributed by atoms with van der Waals surface area (Å²) in [7, 11) is 0.961. The highest BCUT2D eigenvalue weighted by atomic mass is 35.5. The van der Waals surface area contributed by atoms with Crippen LogP contribution in [0, 0.1) is 17.3 Å². The number of ether oxygens (including phenoxy) is 4. The van der Waals surface area contributed by atoms with Crippen LogP contribution in [0.15, 0.2) is 41.3 Å². The summed E-state index contributed by atoms with van der Waals surface area (Å²) in [6.45, 7) is 17.4. The maximum Gasteiger partial charge on any atom is 0.514 e. The van der Waals surface area contributed by atoms with E-state index in [4.69, 9.17) is 39.9 Å². The highest BCUT2D eigenvalue weighted by Gasteiger charge is 2.68. The Morgan fingerprint density at radius 1 is 1.00 bits per heavy atom. The van der Waals surface area contributed by atoms with Crippen molar-refractivity contribution in [2.24, 2.45) is 17.3 Å². The van der Waals surface area contributed by atoms with E-state index in [9.17, 15) is 9.59 Å². The van der Waals surface area contributed by atoms with Gasteiger partial charge in [0.25, 0.3) is 0 Å². The van der Waals surface area contributed by atoms with Crippen LogP contribution >= 0.6 is 23.4 Å². The van der Waals surface area contributed by atoms with Crippen LogP contribution < -0.4 is 9.47 Å². The van der Waals surface area contributed by atoms with Crippen molar-refractivity contribution in [2.75, 3.05) is 7.11 Å². The second-order valence-electron chi connectivity index (χ2n) is 15.7. The second kappa shape index (κ2) is 13.1. The first-order valence-corrected chi connectivity index (χ1v) is 17.8. The van der Waals surface area contributed by atoms with Crippen molar-refractivity contribution < 1.29 is 37.8 Å². The van der Waals surface area contributed by atoms with Gasteiger partial charge in [-0.1, -0.05) is 32.0 Å². The number of hydrogen-bond donors (Lipinski definition) is 0. The van der Waals surface area contributed by atoms with Crippen LogP contribution in [0.3, 0.4) is 0 Å². The molecule has 6 rings (SSSR count). The highest BCUT2D eigenvalue weighted by Crippen LogP contribution is 2.66. The predicted molar refractivity (Wildman–Crippen MR) is 184 cm³/mol. The Bertz CT molecular complexity index is 1480. The number of alkyl halides is 1. The molecule has 8 nitrogen and oxygen atoms in total. The van der Waals surface area contributed by atoms with Gasteiger partial charge in [-0.25, -0.2) is 9.59 Å². The fraction of sp³-hybridized carbons (Fsp3) is 0.611. The van der Waals surface area contributed by atoms with Crippen molar-refractivity contribution in [2.45, 2.75) is 120 Å². The number of halogens is 1. The van der Waals surface area contributed by atoms with Gasteiger partial charge in [-0.05, 0) is 114 Å². The zero-order chi connectivity index (χ0) is 34.5. The minimum atomic E-state index is -0.930. The third-order valence-electron chi connectivity index (χ3n) is 9.61. The highest BCUT2D eigenvalue weighted by molar-refractivity contribution is 7.98. The number of carbonyl (C=O) groups excluding carboxylic acids is 2. The minimum absolute atomic E-state index is 0.0305. The average molecular weight is 687 g/mol. The molecule has 0 spiro atoms. The number of methoxy groups -OCH3 is 1. The fourth-order valence-corrected chi connectivity index (χ4v) is 8.40. The molecule has 0 radical (unpaired) electrons. The summed E-state index contributed by atoms with van der Waals surface area (Å²) >= 11 is 8.52. The molecule has 2 aromatic carbocycles. The molecule has 1 aliphatic heterocycles. The van der Waals surface area contributed by atoms with E-state index in [2.05, 4.69) is 20.8 Å². The third kappa shape index (κ3) is 7.76. The summed E-state index contributed by atoms with van der Waals surface area (Å²) < 4.78 is 35.7. The molecular weight excluding hydrogens is 639 g/mol. The molecule has 2 aromatic rings. The number of carbonyl (C=O) groups is 2. The molecule has 0 unspecified atom stereocenters. The van der Waals surface area contributed by atoms with Crippen molar-refractivity contribution >= 4 is 42.6 Å². The van der Waals surface area contributed by atoms with E-state index in [1.807, 2.05) is 36.4 Å². The number of rotatable bonds is 9. The molecule has 4 aliphatic rings. The molecule has 0 aromatic heterocycles. The summed E-state index contributed by atoms with van der Waals surface area (Å²) in [4.78, 5) is 27.7. The zero-order valence-electron chi connectivity index (χ0n) is 29.2. The lowest BCUT2D eigenvalue weighted by atomic mass is 9.43. The van der Waals surface area contributed by atoms with Crippen molar-refractivity contribution in [1.29, 1.82) is 0 Å². The van der Waals surface area contributed by atoms with E-state index in [-0.39, 0.29) is 29.3 Å². The number of benzene rings is 2. The van der Waals surface area contributed by atoms with Crippen LogP contribution in [0.5, 0.6) is 11.5 Å². The van der Waals surface area contributed by atoms with Crippen molar-refractivity contribution in [3.8, 4) is 11.5 Å². The van der Waals surface area contributed by atoms with Crippen LogP contribution in [0.25, 0.3) is 0 Å². The molecule has 3 saturated carbocycles. The molecule has 2 bridgehead atoms. The van der Waals surface area contributed by atoms with Gasteiger partial charge < -0.3 is 28.3 Å². The van der Waals surface area contributed by atoms with Crippen molar-refractivity contribution in [3.05, 3.63) is 53.1 Å². The van der Waals surface area contributed by atoms with Crippen LogP contribution in [0.1, 0.15) is 96.6 Å². The fourth-order valence-electron chi connectivity index (χ4n) is 7.12. The molecule has 4 fully saturated rings. The summed E-state index contributed by atoms with van der Waals surface area (Å²) in [6, 6.07) is 11.4. The van der Waals surface area contributed by atoms with E-state index in [1.54, 1.807) is 48.7 Å². The molecule has 5 atom stereocenters. The largest absolute Gasteiger partial charge is 0.514 e. The number of hydrogen-bond acceptors (Lipinski definition) is 9. The summed E-state index contributed by atoms with van der Waals surface area (Å²) in [5.41, 5.74) is -0.127. The average Bonchev–Trinajstić information content (AvgIpc) is 3.32. The normalized spacial score (nSPS) is 25.3. The molecule has 0 amide bonds. The van der Waals surface area contributed by atoms with E-state index in [1.165, 1.54) is 11.8 Å².